The second-order valence-corrected chi connectivity index (χ2v) is 7.02. The topological polar surface area (TPSA) is 50.8 Å². The third-order valence-electron chi connectivity index (χ3n) is 5.16. The zero-order valence-electron chi connectivity index (χ0n) is 15.7. The maximum atomic E-state index is 5.80. The number of hydrogen-bond acceptors (Lipinski definition) is 4. The van der Waals surface area contributed by atoms with Crippen LogP contribution >= 0.6 is 0 Å². The van der Waals surface area contributed by atoms with E-state index in [0.717, 1.165) is 62.5 Å². The summed E-state index contributed by atoms with van der Waals surface area (Å²) in [5.74, 6) is 6.84. The van der Waals surface area contributed by atoms with Crippen LogP contribution in [0.2, 0.25) is 0 Å². The van der Waals surface area contributed by atoms with E-state index in [9.17, 15) is 0 Å². The Labute approximate surface area is 157 Å². The third-order valence-corrected chi connectivity index (χ3v) is 5.16. The lowest BCUT2D eigenvalue weighted by molar-refractivity contribution is 0.0853. The largest absolute Gasteiger partial charge is 0.404 e. The second kappa shape index (κ2) is 9.56. The minimum absolute atomic E-state index is 0.535. The molecule has 0 atom stereocenters. The van der Waals surface area contributed by atoms with Gasteiger partial charge in [-0.1, -0.05) is 12.0 Å². The number of likely N-dealkylation sites (tertiary alicyclic amines) is 1. The van der Waals surface area contributed by atoms with Crippen molar-refractivity contribution in [3.05, 3.63) is 41.1 Å². The third kappa shape index (κ3) is 4.97. The van der Waals surface area contributed by atoms with Gasteiger partial charge in [0.05, 0.1) is 5.69 Å². The SMILES string of the molecule is CC#Cc1cc(N=C/C(=C\N)CN2CCCC2)ccc1C1CCOCC1. The van der Waals surface area contributed by atoms with Crippen molar-refractivity contribution in [1.29, 1.82) is 0 Å². The number of aliphatic imine (C=N–C) groups is 1. The number of nitrogens with zero attached hydrogens (tertiary/aromatic N) is 2. The summed E-state index contributed by atoms with van der Waals surface area (Å²) in [6.07, 6.45) is 8.26. The highest BCUT2D eigenvalue weighted by Gasteiger charge is 2.18. The first kappa shape index (κ1) is 18.7. The van der Waals surface area contributed by atoms with E-state index in [4.69, 9.17) is 10.5 Å². The van der Waals surface area contributed by atoms with Crippen molar-refractivity contribution in [1.82, 2.24) is 4.90 Å². The van der Waals surface area contributed by atoms with Gasteiger partial charge in [0.25, 0.3) is 0 Å². The van der Waals surface area contributed by atoms with Crippen molar-refractivity contribution in [2.75, 3.05) is 32.8 Å². The van der Waals surface area contributed by atoms with E-state index in [1.807, 2.05) is 13.1 Å². The molecular weight excluding hydrogens is 322 g/mol. The van der Waals surface area contributed by atoms with Crippen LogP contribution in [0.5, 0.6) is 0 Å². The summed E-state index contributed by atoms with van der Waals surface area (Å²) in [7, 11) is 0. The molecule has 26 heavy (non-hydrogen) atoms. The first-order valence-electron chi connectivity index (χ1n) is 9.62. The Morgan fingerprint density at radius 1 is 1.31 bits per heavy atom. The first-order chi connectivity index (χ1) is 12.8. The summed E-state index contributed by atoms with van der Waals surface area (Å²) in [5, 5.41) is 0. The van der Waals surface area contributed by atoms with Crippen LogP contribution in [0.1, 0.15) is 49.7 Å². The molecular formula is C22H29N3O. The monoisotopic (exact) mass is 351 g/mol. The van der Waals surface area contributed by atoms with Gasteiger partial charge in [-0.15, -0.1) is 5.92 Å². The highest BCUT2D eigenvalue weighted by atomic mass is 16.5. The molecule has 0 bridgehead atoms. The fourth-order valence-corrected chi connectivity index (χ4v) is 3.73. The van der Waals surface area contributed by atoms with E-state index >= 15 is 0 Å². The Balaban J connectivity index is 1.74. The van der Waals surface area contributed by atoms with E-state index < -0.39 is 0 Å². The van der Waals surface area contributed by atoms with Gasteiger partial charge >= 0.3 is 0 Å². The Kier molecular flexibility index (Phi) is 6.88. The normalized spacial score (nSPS) is 19.7. The van der Waals surface area contributed by atoms with Crippen LogP contribution in [0, 0.1) is 11.8 Å². The second-order valence-electron chi connectivity index (χ2n) is 7.02. The predicted molar refractivity (Wildman–Crippen MR) is 108 cm³/mol. The molecule has 2 N–H and O–H groups in total. The molecule has 2 aliphatic heterocycles. The average Bonchev–Trinajstić information content (AvgIpc) is 3.19. The van der Waals surface area contributed by atoms with E-state index in [1.54, 1.807) is 6.20 Å². The smallest absolute Gasteiger partial charge is 0.0642 e. The highest BCUT2D eigenvalue weighted by Crippen LogP contribution is 2.31. The quantitative estimate of drug-likeness (QED) is 0.651. The molecule has 0 radical (unpaired) electrons. The van der Waals surface area contributed by atoms with Crippen molar-refractivity contribution in [2.24, 2.45) is 10.7 Å². The van der Waals surface area contributed by atoms with Crippen LogP contribution in [0.4, 0.5) is 5.69 Å². The van der Waals surface area contributed by atoms with Crippen LogP contribution in [0.3, 0.4) is 0 Å². The summed E-state index contributed by atoms with van der Waals surface area (Å²) < 4.78 is 5.49. The van der Waals surface area contributed by atoms with Crippen molar-refractivity contribution in [3.63, 3.8) is 0 Å². The Bertz CT molecular complexity index is 715. The molecule has 2 saturated heterocycles. The molecule has 4 nitrogen and oxygen atoms in total. The average molecular weight is 351 g/mol. The maximum absolute atomic E-state index is 5.80. The molecule has 0 aromatic heterocycles. The number of benzene rings is 1. The van der Waals surface area contributed by atoms with Crippen molar-refractivity contribution in [3.8, 4) is 11.8 Å². The minimum Gasteiger partial charge on any atom is -0.404 e. The molecule has 138 valence electrons. The number of nitrogens with two attached hydrogens (primary N) is 1. The van der Waals surface area contributed by atoms with Gasteiger partial charge < -0.3 is 10.5 Å². The zero-order valence-corrected chi connectivity index (χ0v) is 15.7. The molecule has 0 spiro atoms. The lowest BCUT2D eigenvalue weighted by Gasteiger charge is -2.23. The highest BCUT2D eigenvalue weighted by molar-refractivity contribution is 5.81. The van der Waals surface area contributed by atoms with Gasteiger partial charge in [0.15, 0.2) is 0 Å². The molecule has 0 saturated carbocycles. The van der Waals surface area contributed by atoms with Crippen molar-refractivity contribution < 1.29 is 4.74 Å². The van der Waals surface area contributed by atoms with Gasteiger partial charge in [0.1, 0.15) is 0 Å². The number of ether oxygens (including phenoxy) is 1. The maximum Gasteiger partial charge on any atom is 0.0642 e. The van der Waals surface area contributed by atoms with Crippen molar-refractivity contribution in [2.45, 2.75) is 38.5 Å². The fourth-order valence-electron chi connectivity index (χ4n) is 3.73. The summed E-state index contributed by atoms with van der Waals surface area (Å²) in [6.45, 7) is 6.74. The van der Waals surface area contributed by atoms with Gasteiger partial charge in [-0.2, -0.15) is 0 Å². The molecule has 1 aromatic rings. The Morgan fingerprint density at radius 2 is 2.08 bits per heavy atom. The van der Waals surface area contributed by atoms with Gasteiger partial charge in [-0.25, -0.2) is 0 Å². The van der Waals surface area contributed by atoms with E-state index in [0.29, 0.717) is 5.92 Å². The first-order valence-corrected chi connectivity index (χ1v) is 9.62. The Hall–Kier alpha value is -2.09. The minimum atomic E-state index is 0.535. The van der Waals surface area contributed by atoms with E-state index in [-0.39, 0.29) is 0 Å². The van der Waals surface area contributed by atoms with Crippen LogP contribution in [0.15, 0.2) is 35.0 Å². The van der Waals surface area contributed by atoms with Gasteiger partial charge in [0, 0.05) is 31.5 Å². The van der Waals surface area contributed by atoms with Crippen LogP contribution < -0.4 is 5.73 Å². The zero-order chi connectivity index (χ0) is 18.2. The lowest BCUT2D eigenvalue weighted by atomic mass is 9.88. The number of hydrogen-bond donors (Lipinski definition) is 1. The Morgan fingerprint density at radius 3 is 2.77 bits per heavy atom. The standard InChI is InChI=1S/C22H29N3O/c1-2-5-20-14-21(6-7-22(20)19-8-12-26-13-9-19)24-16-18(15-23)17-25-10-3-4-11-25/h6-7,14-16,19H,3-4,8-13,17,23H2,1H3/b18-15+,24-16?. The summed E-state index contributed by atoms with van der Waals surface area (Å²) in [4.78, 5) is 7.08. The van der Waals surface area contributed by atoms with Crippen LogP contribution in [-0.4, -0.2) is 44.0 Å². The molecule has 1 aromatic carbocycles. The van der Waals surface area contributed by atoms with Crippen LogP contribution in [-0.2, 0) is 4.74 Å². The molecule has 3 rings (SSSR count). The molecule has 0 unspecified atom stereocenters. The molecule has 0 aliphatic carbocycles. The summed E-state index contributed by atoms with van der Waals surface area (Å²) >= 11 is 0. The summed E-state index contributed by atoms with van der Waals surface area (Å²) in [6, 6.07) is 6.38. The summed E-state index contributed by atoms with van der Waals surface area (Å²) in [5.41, 5.74) is 10.2. The number of rotatable bonds is 5. The molecule has 0 amide bonds. The molecule has 2 aliphatic rings. The molecule has 2 heterocycles. The molecule has 4 heteroatoms. The molecule has 2 fully saturated rings. The van der Waals surface area contributed by atoms with Crippen molar-refractivity contribution >= 4 is 11.9 Å². The van der Waals surface area contributed by atoms with E-state index in [1.165, 1.54) is 18.4 Å². The van der Waals surface area contributed by atoms with E-state index in [2.05, 4.69) is 39.9 Å². The predicted octanol–water partition coefficient (Wildman–Crippen LogP) is 3.59. The fraction of sp³-hybridized carbons (Fsp3) is 0.500. The lowest BCUT2D eigenvalue weighted by Crippen LogP contribution is -2.22. The van der Waals surface area contributed by atoms with Crippen LogP contribution in [0.25, 0.3) is 0 Å². The van der Waals surface area contributed by atoms with Gasteiger partial charge in [-0.3, -0.25) is 9.89 Å². The van der Waals surface area contributed by atoms with Gasteiger partial charge in [0.2, 0.25) is 0 Å². The van der Waals surface area contributed by atoms with Gasteiger partial charge in [-0.05, 0) is 81.1 Å².